The van der Waals surface area contributed by atoms with Crippen LogP contribution in [0.3, 0.4) is 0 Å². The Morgan fingerprint density at radius 2 is 1.93 bits per heavy atom. The van der Waals surface area contributed by atoms with E-state index in [9.17, 15) is 4.39 Å². The third-order valence-corrected chi connectivity index (χ3v) is 5.60. The van der Waals surface area contributed by atoms with Crippen LogP contribution >= 0.6 is 11.6 Å². The molecule has 0 amide bonds. The average Bonchev–Trinajstić information content (AvgIpc) is 2.96. The molecule has 4 nitrogen and oxygen atoms in total. The smallest absolute Gasteiger partial charge is 0.131 e. The van der Waals surface area contributed by atoms with Crippen molar-refractivity contribution >= 4 is 17.4 Å². The molecule has 0 bridgehead atoms. The van der Waals surface area contributed by atoms with Gasteiger partial charge in [-0.2, -0.15) is 0 Å². The lowest BCUT2D eigenvalue weighted by Crippen LogP contribution is -2.45. The molecule has 4 rings (SSSR count). The van der Waals surface area contributed by atoms with Crippen molar-refractivity contribution in [3.8, 4) is 22.4 Å². The Balaban J connectivity index is 1.85. The van der Waals surface area contributed by atoms with Gasteiger partial charge in [-0.3, -0.25) is 0 Å². The number of benzene rings is 2. The highest BCUT2D eigenvalue weighted by molar-refractivity contribution is 6.31. The number of nitrogens with two attached hydrogens (primary N) is 1. The molecule has 2 aromatic carbocycles. The van der Waals surface area contributed by atoms with Crippen LogP contribution in [-0.2, 0) is 12.1 Å². The first-order chi connectivity index (χ1) is 12.8. The number of imidazole rings is 1. The summed E-state index contributed by atoms with van der Waals surface area (Å²) in [4.78, 5) is 4.80. The van der Waals surface area contributed by atoms with Crippen LogP contribution in [0.4, 0.5) is 10.2 Å². The zero-order valence-corrected chi connectivity index (χ0v) is 16.4. The summed E-state index contributed by atoms with van der Waals surface area (Å²) in [6.45, 7) is 7.68. The van der Waals surface area contributed by atoms with Crippen LogP contribution in [0.1, 0.15) is 25.2 Å². The molecule has 1 aliphatic heterocycles. The summed E-state index contributed by atoms with van der Waals surface area (Å²) in [5.41, 5.74) is 9.78. The largest absolute Gasteiger partial charge is 0.383 e. The molecule has 0 saturated heterocycles. The van der Waals surface area contributed by atoms with Crippen LogP contribution in [0.5, 0.6) is 0 Å². The highest BCUT2D eigenvalue weighted by atomic mass is 35.5. The number of aryl methyl sites for hydroxylation is 1. The molecule has 0 aliphatic carbocycles. The fourth-order valence-corrected chi connectivity index (χ4v) is 3.78. The third-order valence-electron chi connectivity index (χ3n) is 5.19. The van der Waals surface area contributed by atoms with Crippen molar-refractivity contribution in [2.75, 3.05) is 12.3 Å². The quantitative estimate of drug-likeness (QED) is 0.671. The van der Waals surface area contributed by atoms with E-state index in [0.29, 0.717) is 22.1 Å². The number of fused-ring (bicyclic) bond motifs is 1. The maximum Gasteiger partial charge on any atom is 0.131 e. The molecule has 0 unspecified atom stereocenters. The number of halogens is 2. The van der Waals surface area contributed by atoms with E-state index in [1.807, 2.05) is 23.6 Å². The SMILES string of the molecule is Cc1ccc(-c2cc(-c3nc4n(c3N)CCNC4(C)C)ccc2F)cc1Cl. The van der Waals surface area contributed by atoms with Gasteiger partial charge in [0.15, 0.2) is 0 Å². The Hall–Kier alpha value is -2.37. The Morgan fingerprint density at radius 3 is 2.63 bits per heavy atom. The maximum absolute atomic E-state index is 14.5. The van der Waals surface area contributed by atoms with E-state index in [1.165, 1.54) is 6.07 Å². The van der Waals surface area contributed by atoms with E-state index in [-0.39, 0.29) is 11.4 Å². The van der Waals surface area contributed by atoms with Gasteiger partial charge in [0.05, 0.1) is 5.54 Å². The second-order valence-electron chi connectivity index (χ2n) is 7.53. The minimum Gasteiger partial charge on any atom is -0.383 e. The molecule has 2 heterocycles. The maximum atomic E-state index is 14.5. The molecule has 140 valence electrons. The zero-order valence-electron chi connectivity index (χ0n) is 15.6. The summed E-state index contributed by atoms with van der Waals surface area (Å²) < 4.78 is 16.6. The van der Waals surface area contributed by atoms with E-state index >= 15 is 0 Å². The Morgan fingerprint density at radius 1 is 1.19 bits per heavy atom. The number of rotatable bonds is 2. The van der Waals surface area contributed by atoms with Crippen molar-refractivity contribution in [1.82, 2.24) is 14.9 Å². The fourth-order valence-electron chi connectivity index (χ4n) is 3.59. The minimum absolute atomic E-state index is 0.266. The lowest BCUT2D eigenvalue weighted by Gasteiger charge is -2.31. The standard InChI is InChI=1S/C21H22ClFN4/c1-12-4-5-13(11-16(12)22)15-10-14(6-7-17(15)23)18-19(24)27-9-8-25-21(2,3)20(27)26-18/h4-7,10-11,25H,8-9,24H2,1-3H3. The van der Waals surface area contributed by atoms with Gasteiger partial charge < -0.3 is 15.6 Å². The van der Waals surface area contributed by atoms with Gasteiger partial charge in [0.2, 0.25) is 0 Å². The van der Waals surface area contributed by atoms with Crippen molar-refractivity contribution in [2.45, 2.75) is 32.9 Å². The average molecular weight is 385 g/mol. The molecule has 3 aromatic rings. The first kappa shape index (κ1) is 18.0. The molecule has 0 radical (unpaired) electrons. The predicted molar refractivity (Wildman–Crippen MR) is 108 cm³/mol. The van der Waals surface area contributed by atoms with Gasteiger partial charge in [-0.1, -0.05) is 23.7 Å². The number of hydrogen-bond donors (Lipinski definition) is 2. The molecule has 0 atom stereocenters. The van der Waals surface area contributed by atoms with E-state index in [4.69, 9.17) is 22.3 Å². The molecule has 1 aliphatic rings. The number of aromatic nitrogens is 2. The first-order valence-electron chi connectivity index (χ1n) is 8.96. The summed E-state index contributed by atoms with van der Waals surface area (Å²) in [5.74, 6) is 1.20. The van der Waals surface area contributed by atoms with Crippen molar-refractivity contribution in [3.63, 3.8) is 0 Å². The molecule has 0 saturated carbocycles. The number of hydrogen-bond acceptors (Lipinski definition) is 3. The minimum atomic E-state index is -0.303. The lowest BCUT2D eigenvalue weighted by atomic mass is 10.00. The zero-order chi connectivity index (χ0) is 19.3. The summed E-state index contributed by atoms with van der Waals surface area (Å²) in [6, 6.07) is 10.5. The van der Waals surface area contributed by atoms with Crippen LogP contribution in [-0.4, -0.2) is 16.1 Å². The van der Waals surface area contributed by atoms with Gasteiger partial charge in [0.1, 0.15) is 23.2 Å². The van der Waals surface area contributed by atoms with Gasteiger partial charge >= 0.3 is 0 Å². The fraction of sp³-hybridized carbons (Fsp3) is 0.286. The summed E-state index contributed by atoms with van der Waals surface area (Å²) in [7, 11) is 0. The Bertz CT molecular complexity index is 1040. The van der Waals surface area contributed by atoms with Crippen LogP contribution in [0.2, 0.25) is 5.02 Å². The molecule has 1 aromatic heterocycles. The monoisotopic (exact) mass is 384 g/mol. The van der Waals surface area contributed by atoms with Gasteiger partial charge in [-0.05, 0) is 56.2 Å². The summed E-state index contributed by atoms with van der Waals surface area (Å²) in [6.07, 6.45) is 0. The summed E-state index contributed by atoms with van der Waals surface area (Å²) >= 11 is 6.23. The van der Waals surface area contributed by atoms with Crippen molar-refractivity contribution < 1.29 is 4.39 Å². The van der Waals surface area contributed by atoms with Crippen LogP contribution in [0.15, 0.2) is 36.4 Å². The predicted octanol–water partition coefficient (Wildman–Crippen LogP) is 4.74. The molecular weight excluding hydrogens is 363 g/mol. The van der Waals surface area contributed by atoms with Crippen LogP contribution < -0.4 is 11.1 Å². The number of nitrogens with zero attached hydrogens (tertiary/aromatic N) is 2. The molecular formula is C21H22ClFN4. The van der Waals surface area contributed by atoms with Gasteiger partial charge in [-0.25, -0.2) is 9.37 Å². The van der Waals surface area contributed by atoms with E-state index < -0.39 is 0 Å². The van der Waals surface area contributed by atoms with E-state index in [0.717, 1.165) is 35.6 Å². The lowest BCUT2D eigenvalue weighted by molar-refractivity contribution is 0.318. The second-order valence-corrected chi connectivity index (χ2v) is 7.94. The van der Waals surface area contributed by atoms with Gasteiger partial charge in [0, 0.05) is 29.2 Å². The number of anilines is 1. The molecule has 0 spiro atoms. The van der Waals surface area contributed by atoms with Crippen molar-refractivity contribution in [1.29, 1.82) is 0 Å². The van der Waals surface area contributed by atoms with Gasteiger partial charge in [-0.15, -0.1) is 0 Å². The molecule has 6 heteroatoms. The number of nitrogens with one attached hydrogen (secondary N) is 1. The van der Waals surface area contributed by atoms with E-state index in [1.54, 1.807) is 18.2 Å². The normalized spacial score (nSPS) is 15.6. The summed E-state index contributed by atoms with van der Waals surface area (Å²) in [5, 5.41) is 4.06. The van der Waals surface area contributed by atoms with Crippen LogP contribution in [0.25, 0.3) is 22.4 Å². The Labute approximate surface area is 163 Å². The molecule has 3 N–H and O–H groups in total. The Kier molecular flexibility index (Phi) is 4.24. The van der Waals surface area contributed by atoms with Crippen molar-refractivity contribution in [3.05, 3.63) is 58.6 Å². The highest BCUT2D eigenvalue weighted by Gasteiger charge is 2.32. The number of nitrogen functional groups attached to an aromatic ring is 1. The van der Waals surface area contributed by atoms with E-state index in [2.05, 4.69) is 19.2 Å². The third kappa shape index (κ3) is 3.01. The van der Waals surface area contributed by atoms with Crippen molar-refractivity contribution in [2.24, 2.45) is 0 Å². The van der Waals surface area contributed by atoms with Gasteiger partial charge in [0.25, 0.3) is 0 Å². The molecule has 27 heavy (non-hydrogen) atoms. The highest BCUT2D eigenvalue weighted by Crippen LogP contribution is 2.36. The van der Waals surface area contributed by atoms with Crippen LogP contribution in [0, 0.1) is 12.7 Å². The topological polar surface area (TPSA) is 55.9 Å². The first-order valence-corrected chi connectivity index (χ1v) is 9.33. The molecule has 0 fully saturated rings. The second kappa shape index (κ2) is 6.36.